The summed E-state index contributed by atoms with van der Waals surface area (Å²) in [6.07, 6.45) is 4.09. The van der Waals surface area contributed by atoms with Crippen molar-refractivity contribution in [3.05, 3.63) is 11.6 Å². The summed E-state index contributed by atoms with van der Waals surface area (Å²) in [6.45, 7) is 3.89. The fraction of sp³-hybridized carbons (Fsp3) is 0.727. The molecule has 5 nitrogen and oxygen atoms in total. The van der Waals surface area contributed by atoms with Crippen molar-refractivity contribution in [2.24, 2.45) is 0 Å². The van der Waals surface area contributed by atoms with Crippen molar-refractivity contribution < 1.29 is 9.90 Å². The lowest BCUT2D eigenvalue weighted by Crippen LogP contribution is -2.49. The Morgan fingerprint density at radius 1 is 1.50 bits per heavy atom. The van der Waals surface area contributed by atoms with Crippen LogP contribution in [0.3, 0.4) is 0 Å². The molecule has 1 aliphatic carbocycles. The maximum atomic E-state index is 11.4. The van der Waals surface area contributed by atoms with Crippen LogP contribution in [0.4, 0.5) is 0 Å². The molecule has 0 unspecified atom stereocenters. The van der Waals surface area contributed by atoms with Crippen molar-refractivity contribution in [1.82, 2.24) is 14.8 Å². The fourth-order valence-corrected chi connectivity index (χ4v) is 2.39. The molecule has 1 aromatic heterocycles. The third-order valence-corrected chi connectivity index (χ3v) is 3.37. The van der Waals surface area contributed by atoms with Gasteiger partial charge in [0.1, 0.15) is 17.2 Å². The molecular weight excluding hydrogens is 206 g/mol. The lowest BCUT2D eigenvalue weighted by atomic mass is 9.76. The van der Waals surface area contributed by atoms with E-state index >= 15 is 0 Å². The van der Waals surface area contributed by atoms with Crippen LogP contribution >= 0.6 is 0 Å². The van der Waals surface area contributed by atoms with Gasteiger partial charge in [-0.15, -0.1) is 10.2 Å². The maximum absolute atomic E-state index is 11.4. The summed E-state index contributed by atoms with van der Waals surface area (Å²) in [6, 6.07) is 0. The van der Waals surface area contributed by atoms with Gasteiger partial charge >= 0.3 is 5.97 Å². The van der Waals surface area contributed by atoms with Gasteiger partial charge in [0.25, 0.3) is 0 Å². The van der Waals surface area contributed by atoms with Crippen LogP contribution in [0, 0.1) is 6.92 Å². The maximum Gasteiger partial charge on any atom is 0.329 e. The molecule has 1 heterocycles. The predicted octanol–water partition coefficient (Wildman–Crippen LogP) is 1.50. The molecule has 0 saturated heterocycles. The zero-order valence-corrected chi connectivity index (χ0v) is 9.73. The van der Waals surface area contributed by atoms with Gasteiger partial charge in [-0.2, -0.15) is 0 Å². The molecule has 0 atom stereocenters. The summed E-state index contributed by atoms with van der Waals surface area (Å²) in [7, 11) is 0. The van der Waals surface area contributed by atoms with Gasteiger partial charge in [0.15, 0.2) is 0 Å². The number of aliphatic carboxylic acids is 1. The summed E-state index contributed by atoms with van der Waals surface area (Å²) in [5.74, 6) is 0.770. The minimum absolute atomic E-state index is 0.692. The highest BCUT2D eigenvalue weighted by molar-refractivity contribution is 5.78. The molecular formula is C11H17N3O2. The number of carbonyl (C=O) groups is 1. The Balaban J connectivity index is 2.45. The number of carboxylic acid groups (broad SMARTS) is 1. The van der Waals surface area contributed by atoms with Crippen LogP contribution in [0.25, 0.3) is 0 Å². The van der Waals surface area contributed by atoms with E-state index in [1.54, 1.807) is 0 Å². The summed E-state index contributed by atoms with van der Waals surface area (Å²) in [5, 5.41) is 17.5. The predicted molar refractivity (Wildman–Crippen MR) is 58.2 cm³/mol. The molecule has 5 heteroatoms. The number of aryl methyl sites for hydroxylation is 2. The first-order chi connectivity index (χ1) is 7.62. The van der Waals surface area contributed by atoms with E-state index in [0.29, 0.717) is 18.7 Å². The Morgan fingerprint density at radius 3 is 2.62 bits per heavy atom. The second-order valence-electron chi connectivity index (χ2n) is 4.44. The van der Waals surface area contributed by atoms with E-state index in [-0.39, 0.29) is 0 Å². The van der Waals surface area contributed by atoms with E-state index in [4.69, 9.17) is 0 Å². The Morgan fingerprint density at radius 2 is 2.19 bits per heavy atom. The number of nitrogens with zero attached hydrogens (tertiary/aromatic N) is 3. The fourth-order valence-electron chi connectivity index (χ4n) is 2.39. The van der Waals surface area contributed by atoms with E-state index < -0.39 is 11.5 Å². The molecule has 0 aromatic carbocycles. The highest BCUT2D eigenvalue weighted by Gasteiger charge is 2.48. The van der Waals surface area contributed by atoms with Crippen molar-refractivity contribution in [2.75, 3.05) is 0 Å². The van der Waals surface area contributed by atoms with Crippen molar-refractivity contribution in [3.63, 3.8) is 0 Å². The number of aromatic nitrogens is 3. The van der Waals surface area contributed by atoms with Crippen LogP contribution in [0.1, 0.15) is 44.3 Å². The number of rotatable bonds is 4. The largest absolute Gasteiger partial charge is 0.479 e. The summed E-state index contributed by atoms with van der Waals surface area (Å²) >= 11 is 0. The standard InChI is InChI=1S/C11H17N3O2/c1-3-5-9-13-12-8(2)14(9)11(10(15)16)6-4-7-11/h3-7H2,1-2H3,(H,15,16). The molecule has 0 radical (unpaired) electrons. The highest BCUT2D eigenvalue weighted by Crippen LogP contribution is 2.41. The van der Waals surface area contributed by atoms with Crippen LogP contribution in [0.15, 0.2) is 0 Å². The molecule has 16 heavy (non-hydrogen) atoms. The molecule has 1 fully saturated rings. The second kappa shape index (κ2) is 3.88. The van der Waals surface area contributed by atoms with E-state index in [1.165, 1.54) is 0 Å². The van der Waals surface area contributed by atoms with Crippen molar-refractivity contribution in [2.45, 2.75) is 51.5 Å². The van der Waals surface area contributed by atoms with Crippen molar-refractivity contribution in [1.29, 1.82) is 0 Å². The molecule has 0 bridgehead atoms. The summed E-state index contributed by atoms with van der Waals surface area (Å²) in [4.78, 5) is 11.4. The van der Waals surface area contributed by atoms with Gasteiger partial charge in [-0.25, -0.2) is 4.79 Å². The minimum Gasteiger partial charge on any atom is -0.479 e. The van der Waals surface area contributed by atoms with Crippen LogP contribution < -0.4 is 0 Å². The minimum atomic E-state index is -0.766. The van der Waals surface area contributed by atoms with Gasteiger partial charge in [-0.3, -0.25) is 4.57 Å². The second-order valence-corrected chi connectivity index (χ2v) is 4.44. The molecule has 1 aromatic rings. The smallest absolute Gasteiger partial charge is 0.329 e. The average Bonchev–Trinajstić information content (AvgIpc) is 2.48. The Bertz CT molecular complexity index is 407. The summed E-state index contributed by atoms with van der Waals surface area (Å²) in [5.41, 5.74) is -0.766. The lowest BCUT2D eigenvalue weighted by Gasteiger charge is -2.40. The van der Waals surface area contributed by atoms with Gasteiger partial charge < -0.3 is 5.11 Å². The Hall–Kier alpha value is -1.39. The number of carboxylic acids is 1. The van der Waals surface area contributed by atoms with Crippen molar-refractivity contribution in [3.8, 4) is 0 Å². The first kappa shape index (κ1) is 11.1. The first-order valence-electron chi connectivity index (χ1n) is 5.76. The van der Waals surface area contributed by atoms with E-state index in [9.17, 15) is 9.90 Å². The van der Waals surface area contributed by atoms with E-state index in [0.717, 1.165) is 25.1 Å². The molecule has 88 valence electrons. The topological polar surface area (TPSA) is 68.0 Å². The van der Waals surface area contributed by atoms with E-state index in [2.05, 4.69) is 17.1 Å². The van der Waals surface area contributed by atoms with Gasteiger partial charge in [0, 0.05) is 6.42 Å². The first-order valence-corrected chi connectivity index (χ1v) is 5.76. The molecule has 2 rings (SSSR count). The van der Waals surface area contributed by atoms with Gasteiger partial charge in [-0.1, -0.05) is 6.92 Å². The quantitative estimate of drug-likeness (QED) is 0.840. The van der Waals surface area contributed by atoms with Gasteiger partial charge in [-0.05, 0) is 32.6 Å². The van der Waals surface area contributed by atoms with Gasteiger partial charge in [0.05, 0.1) is 0 Å². The zero-order valence-electron chi connectivity index (χ0n) is 9.73. The average molecular weight is 223 g/mol. The zero-order chi connectivity index (χ0) is 11.8. The van der Waals surface area contributed by atoms with Crippen LogP contribution in [-0.4, -0.2) is 25.8 Å². The third-order valence-electron chi connectivity index (χ3n) is 3.37. The number of hydrogen-bond donors (Lipinski definition) is 1. The lowest BCUT2D eigenvalue weighted by molar-refractivity contribution is -0.152. The molecule has 0 amide bonds. The van der Waals surface area contributed by atoms with Crippen LogP contribution in [-0.2, 0) is 16.8 Å². The van der Waals surface area contributed by atoms with Crippen molar-refractivity contribution >= 4 is 5.97 Å². The Labute approximate surface area is 94.5 Å². The molecule has 0 spiro atoms. The van der Waals surface area contributed by atoms with Crippen LogP contribution in [0.5, 0.6) is 0 Å². The normalized spacial score (nSPS) is 18.1. The molecule has 1 N–H and O–H groups in total. The SMILES string of the molecule is CCCc1nnc(C)n1C1(C(=O)O)CCC1. The molecule has 1 saturated carbocycles. The van der Waals surface area contributed by atoms with Crippen LogP contribution in [0.2, 0.25) is 0 Å². The number of hydrogen-bond acceptors (Lipinski definition) is 3. The van der Waals surface area contributed by atoms with Gasteiger partial charge in [0.2, 0.25) is 0 Å². The molecule has 1 aliphatic rings. The highest BCUT2D eigenvalue weighted by atomic mass is 16.4. The third kappa shape index (κ3) is 1.42. The Kier molecular flexibility index (Phi) is 2.69. The monoisotopic (exact) mass is 223 g/mol. The van der Waals surface area contributed by atoms with E-state index in [1.807, 2.05) is 11.5 Å². The summed E-state index contributed by atoms with van der Waals surface area (Å²) < 4.78 is 1.84. The molecule has 0 aliphatic heterocycles.